The molecule has 1 heterocycles. The number of fused-ring (bicyclic) bond motifs is 1. The van der Waals surface area contributed by atoms with Gasteiger partial charge in [0.1, 0.15) is 5.75 Å². The Kier molecular flexibility index (Phi) is 6.40. The van der Waals surface area contributed by atoms with Crippen LogP contribution < -0.4 is 4.74 Å². The molecule has 3 rings (SSSR count). The largest absolute Gasteiger partial charge is 0.573 e. The fraction of sp³-hybridized carbons (Fsp3) is 0.304. The van der Waals surface area contributed by atoms with E-state index >= 15 is 4.39 Å². The number of carboxylic acid groups (broad SMARTS) is 1. The number of nitrogens with zero attached hydrogens (tertiary/aromatic N) is 1. The van der Waals surface area contributed by atoms with Gasteiger partial charge in [0.25, 0.3) is 5.91 Å². The lowest BCUT2D eigenvalue weighted by Gasteiger charge is -2.20. The van der Waals surface area contributed by atoms with Crippen molar-refractivity contribution in [2.24, 2.45) is 5.92 Å². The number of carbonyl (C=O) groups excluding carboxylic acids is 1. The summed E-state index contributed by atoms with van der Waals surface area (Å²) in [5, 5.41) is 19.6. The number of rotatable bonds is 6. The zero-order valence-electron chi connectivity index (χ0n) is 17.9. The van der Waals surface area contributed by atoms with E-state index in [9.17, 15) is 33.0 Å². The summed E-state index contributed by atoms with van der Waals surface area (Å²) in [6.07, 6.45) is -4.44. The van der Waals surface area contributed by atoms with Crippen molar-refractivity contribution >= 4 is 22.8 Å². The fourth-order valence-electron chi connectivity index (χ4n) is 3.94. The Balaban J connectivity index is 2.22. The van der Waals surface area contributed by atoms with Gasteiger partial charge in [-0.25, -0.2) is 4.39 Å². The molecule has 2 N–H and O–H groups in total. The van der Waals surface area contributed by atoms with Crippen LogP contribution in [0.5, 0.6) is 11.5 Å². The van der Waals surface area contributed by atoms with Gasteiger partial charge in [-0.15, -0.1) is 13.2 Å². The Morgan fingerprint density at radius 2 is 1.73 bits per heavy atom. The Bertz CT molecular complexity index is 1210. The van der Waals surface area contributed by atoms with Gasteiger partial charge < -0.3 is 14.9 Å². The van der Waals surface area contributed by atoms with Crippen molar-refractivity contribution in [2.75, 3.05) is 0 Å². The second-order valence-electron chi connectivity index (χ2n) is 7.71. The van der Waals surface area contributed by atoms with Crippen LogP contribution in [-0.2, 0) is 4.79 Å². The molecule has 2 aromatic carbocycles. The van der Waals surface area contributed by atoms with Crippen LogP contribution in [0.2, 0.25) is 0 Å². The Hall–Kier alpha value is -3.56. The average Bonchev–Trinajstić information content (AvgIpc) is 3.02. The van der Waals surface area contributed by atoms with Crippen molar-refractivity contribution in [2.45, 2.75) is 39.5 Å². The number of alkyl halides is 3. The second-order valence-corrected chi connectivity index (χ2v) is 7.71. The van der Waals surface area contributed by atoms with Gasteiger partial charge in [-0.3, -0.25) is 14.2 Å². The summed E-state index contributed by atoms with van der Waals surface area (Å²) in [4.78, 5) is 25.4. The molecule has 0 aliphatic heterocycles. The summed E-state index contributed by atoms with van der Waals surface area (Å²) >= 11 is 0. The first-order valence-electron chi connectivity index (χ1n) is 10.0. The summed E-state index contributed by atoms with van der Waals surface area (Å²) in [6, 6.07) is 6.51. The van der Waals surface area contributed by atoms with E-state index in [0.717, 1.165) is 34.9 Å². The number of benzene rings is 2. The van der Waals surface area contributed by atoms with E-state index in [1.54, 1.807) is 13.8 Å². The SMILES string of the molecule is CCC(C)[C@H](C(=O)O)c1c(C)n(C(=O)c2ccc(OC(F)(F)F)cc2)c2ccc(O)c(F)c12. The zero-order valence-corrected chi connectivity index (χ0v) is 17.9. The Morgan fingerprint density at radius 1 is 1.12 bits per heavy atom. The van der Waals surface area contributed by atoms with E-state index in [2.05, 4.69) is 4.74 Å². The number of hydrogen-bond acceptors (Lipinski definition) is 4. The third-order valence-corrected chi connectivity index (χ3v) is 5.66. The highest BCUT2D eigenvalue weighted by molar-refractivity contribution is 6.05. The smallest absolute Gasteiger partial charge is 0.505 e. The number of aliphatic carboxylic acids is 1. The van der Waals surface area contributed by atoms with E-state index in [1.165, 1.54) is 13.0 Å². The normalized spacial score (nSPS) is 13.7. The number of aromatic nitrogens is 1. The molecule has 0 aliphatic carbocycles. The van der Waals surface area contributed by atoms with Gasteiger partial charge in [-0.05, 0) is 54.8 Å². The molecule has 33 heavy (non-hydrogen) atoms. The lowest BCUT2D eigenvalue weighted by atomic mass is 9.84. The van der Waals surface area contributed by atoms with Crippen molar-refractivity contribution in [1.82, 2.24) is 4.57 Å². The highest BCUT2D eigenvalue weighted by Gasteiger charge is 2.35. The summed E-state index contributed by atoms with van der Waals surface area (Å²) in [6.45, 7) is 4.92. The first kappa shape index (κ1) is 24.1. The maximum Gasteiger partial charge on any atom is 0.573 e. The molecule has 3 aromatic rings. The first-order valence-corrected chi connectivity index (χ1v) is 10.0. The number of halogens is 4. The van der Waals surface area contributed by atoms with E-state index < -0.39 is 47.4 Å². The summed E-state index contributed by atoms with van der Waals surface area (Å²) in [5.41, 5.74) is 0.224. The maximum atomic E-state index is 15.0. The molecule has 0 aliphatic rings. The molecule has 0 bridgehead atoms. The van der Waals surface area contributed by atoms with Gasteiger partial charge in [0, 0.05) is 16.6 Å². The van der Waals surface area contributed by atoms with Crippen molar-refractivity contribution in [3.05, 3.63) is 59.0 Å². The lowest BCUT2D eigenvalue weighted by molar-refractivity contribution is -0.274. The minimum absolute atomic E-state index is 0.0278. The number of carboxylic acids is 1. The van der Waals surface area contributed by atoms with Gasteiger partial charge in [-0.1, -0.05) is 20.3 Å². The molecule has 0 fully saturated rings. The van der Waals surface area contributed by atoms with E-state index in [-0.39, 0.29) is 27.7 Å². The maximum absolute atomic E-state index is 15.0. The second kappa shape index (κ2) is 8.76. The minimum atomic E-state index is -4.89. The van der Waals surface area contributed by atoms with Crippen LogP contribution in [0.25, 0.3) is 10.9 Å². The van der Waals surface area contributed by atoms with Gasteiger partial charge in [-0.2, -0.15) is 0 Å². The molecular weight excluding hydrogens is 446 g/mol. The van der Waals surface area contributed by atoms with Crippen molar-refractivity contribution in [3.63, 3.8) is 0 Å². The summed E-state index contributed by atoms with van der Waals surface area (Å²) in [7, 11) is 0. The van der Waals surface area contributed by atoms with Crippen LogP contribution >= 0.6 is 0 Å². The Labute approximate surface area is 186 Å². The molecule has 1 unspecified atom stereocenters. The number of ether oxygens (including phenoxy) is 1. The van der Waals surface area contributed by atoms with Gasteiger partial charge in [0.2, 0.25) is 0 Å². The highest BCUT2D eigenvalue weighted by atomic mass is 19.4. The topological polar surface area (TPSA) is 88.8 Å². The van der Waals surface area contributed by atoms with E-state index in [1.807, 2.05) is 0 Å². The van der Waals surface area contributed by atoms with Gasteiger partial charge in [0.05, 0.1) is 11.4 Å². The Morgan fingerprint density at radius 3 is 2.24 bits per heavy atom. The van der Waals surface area contributed by atoms with Crippen molar-refractivity contribution in [1.29, 1.82) is 0 Å². The third kappa shape index (κ3) is 4.50. The highest BCUT2D eigenvalue weighted by Crippen LogP contribution is 2.40. The molecule has 0 spiro atoms. The molecule has 0 saturated heterocycles. The molecule has 10 heteroatoms. The molecule has 2 atom stereocenters. The molecule has 1 aromatic heterocycles. The average molecular weight is 467 g/mol. The molecule has 0 saturated carbocycles. The van der Waals surface area contributed by atoms with Crippen LogP contribution in [0.4, 0.5) is 17.6 Å². The van der Waals surface area contributed by atoms with Crippen molar-refractivity contribution < 1.29 is 42.1 Å². The van der Waals surface area contributed by atoms with Gasteiger partial charge in [0.15, 0.2) is 11.6 Å². The summed E-state index contributed by atoms with van der Waals surface area (Å²) < 4.78 is 57.1. The molecule has 6 nitrogen and oxygen atoms in total. The number of carbonyl (C=O) groups is 2. The van der Waals surface area contributed by atoms with Crippen LogP contribution in [0.15, 0.2) is 36.4 Å². The molecule has 0 amide bonds. The van der Waals surface area contributed by atoms with E-state index in [0.29, 0.717) is 6.42 Å². The zero-order chi connectivity index (χ0) is 24.7. The lowest BCUT2D eigenvalue weighted by Crippen LogP contribution is -2.21. The number of phenols is 1. The van der Waals surface area contributed by atoms with Crippen LogP contribution in [0.1, 0.15) is 47.8 Å². The van der Waals surface area contributed by atoms with Crippen LogP contribution in [0, 0.1) is 18.7 Å². The first-order chi connectivity index (χ1) is 15.4. The third-order valence-electron chi connectivity index (χ3n) is 5.66. The van der Waals surface area contributed by atoms with Crippen LogP contribution in [-0.4, -0.2) is 33.0 Å². The van der Waals surface area contributed by atoms with E-state index in [4.69, 9.17) is 0 Å². The predicted molar refractivity (Wildman–Crippen MR) is 111 cm³/mol. The number of aromatic hydroxyl groups is 1. The molecule has 0 radical (unpaired) electrons. The molecular formula is C23H21F4NO5. The monoisotopic (exact) mass is 467 g/mol. The predicted octanol–water partition coefficient (Wildman–Crippen LogP) is 5.60. The molecule has 176 valence electrons. The quantitative estimate of drug-likeness (QED) is 0.461. The number of phenolic OH excluding ortho intramolecular Hbond substituents is 1. The van der Waals surface area contributed by atoms with Crippen molar-refractivity contribution in [3.8, 4) is 11.5 Å². The fourth-order valence-corrected chi connectivity index (χ4v) is 3.94. The van der Waals surface area contributed by atoms with Gasteiger partial charge >= 0.3 is 12.3 Å². The number of hydrogen-bond donors (Lipinski definition) is 2. The summed E-state index contributed by atoms with van der Waals surface area (Å²) in [5.74, 6) is -5.78. The minimum Gasteiger partial charge on any atom is -0.505 e. The standard InChI is InChI=1S/C23H21F4NO5/c1-4-11(2)17(22(31)32)18-12(3)28(15-9-10-16(29)20(24)19(15)18)21(30)13-5-7-14(8-6-13)33-23(25,26)27/h5-11,17,29H,4H2,1-3H3,(H,31,32)/t11?,17-/m0/s1. The van der Waals surface area contributed by atoms with Crippen LogP contribution in [0.3, 0.4) is 0 Å².